The second-order valence-electron chi connectivity index (χ2n) is 4.32. The molecule has 6 heteroatoms. The van der Waals surface area contributed by atoms with Gasteiger partial charge in [0.15, 0.2) is 0 Å². The highest BCUT2D eigenvalue weighted by Crippen LogP contribution is 2.16. The predicted octanol–water partition coefficient (Wildman–Crippen LogP) is 1.57. The van der Waals surface area contributed by atoms with Gasteiger partial charge in [0, 0.05) is 20.0 Å². The summed E-state index contributed by atoms with van der Waals surface area (Å²) >= 11 is 0. The zero-order valence-corrected chi connectivity index (χ0v) is 12.2. The molecule has 0 bridgehead atoms. The van der Waals surface area contributed by atoms with Gasteiger partial charge >= 0.3 is 5.97 Å². The van der Waals surface area contributed by atoms with Crippen LogP contribution in [0.25, 0.3) is 0 Å². The maximum absolute atomic E-state index is 12.2. The molecule has 5 nitrogen and oxygen atoms in total. The molecular weight excluding hydrogens is 266 g/mol. The van der Waals surface area contributed by atoms with E-state index in [2.05, 4.69) is 4.74 Å². The van der Waals surface area contributed by atoms with Gasteiger partial charge in [-0.05, 0) is 31.0 Å². The van der Waals surface area contributed by atoms with E-state index in [1.807, 2.05) is 13.0 Å². The van der Waals surface area contributed by atoms with Crippen molar-refractivity contribution in [3.05, 3.63) is 29.8 Å². The van der Waals surface area contributed by atoms with E-state index in [4.69, 9.17) is 0 Å². The van der Waals surface area contributed by atoms with E-state index in [0.29, 0.717) is 6.42 Å². The highest BCUT2D eigenvalue weighted by molar-refractivity contribution is 7.89. The monoisotopic (exact) mass is 285 g/mol. The number of aryl methyl sites for hydroxylation is 1. The summed E-state index contributed by atoms with van der Waals surface area (Å²) in [5.41, 5.74) is 0.893. The summed E-state index contributed by atoms with van der Waals surface area (Å²) in [4.78, 5) is 11.2. The Labute approximate surface area is 114 Å². The van der Waals surface area contributed by atoms with Crippen LogP contribution in [0, 0.1) is 6.92 Å². The summed E-state index contributed by atoms with van der Waals surface area (Å²) in [5.74, 6) is -0.332. The zero-order chi connectivity index (χ0) is 14.5. The second kappa shape index (κ2) is 6.68. The molecule has 0 N–H and O–H groups in total. The molecule has 0 saturated heterocycles. The first-order valence-corrected chi connectivity index (χ1v) is 7.41. The molecule has 0 saturated carbocycles. The minimum absolute atomic E-state index is 0.212. The third-order valence-electron chi connectivity index (χ3n) is 2.78. The number of carbonyl (C=O) groups excluding carboxylic acids is 1. The third-order valence-corrected chi connectivity index (χ3v) is 4.63. The van der Waals surface area contributed by atoms with Crippen molar-refractivity contribution in [2.75, 3.05) is 20.7 Å². The van der Waals surface area contributed by atoms with E-state index >= 15 is 0 Å². The summed E-state index contributed by atoms with van der Waals surface area (Å²) in [6.45, 7) is 2.13. The molecule has 0 aliphatic carbocycles. The summed E-state index contributed by atoms with van der Waals surface area (Å²) in [6, 6.07) is 6.76. The van der Waals surface area contributed by atoms with Gasteiger partial charge in [-0.15, -0.1) is 0 Å². The molecule has 0 radical (unpaired) electrons. The number of methoxy groups -OCH3 is 1. The number of hydrogen-bond acceptors (Lipinski definition) is 4. The van der Waals surface area contributed by atoms with Crippen LogP contribution in [0.3, 0.4) is 0 Å². The Bertz CT molecular complexity index is 539. The van der Waals surface area contributed by atoms with Crippen molar-refractivity contribution >= 4 is 16.0 Å². The quantitative estimate of drug-likeness (QED) is 0.744. The molecule has 1 aromatic rings. The van der Waals surface area contributed by atoms with Crippen LogP contribution in [-0.2, 0) is 19.6 Å². The molecule has 19 heavy (non-hydrogen) atoms. The lowest BCUT2D eigenvalue weighted by Gasteiger charge is -2.17. The summed E-state index contributed by atoms with van der Waals surface area (Å²) in [5, 5.41) is 0. The van der Waals surface area contributed by atoms with Crippen LogP contribution in [0.4, 0.5) is 0 Å². The fourth-order valence-electron chi connectivity index (χ4n) is 1.62. The fraction of sp³-hybridized carbons (Fsp3) is 0.462. The van der Waals surface area contributed by atoms with Crippen molar-refractivity contribution in [3.8, 4) is 0 Å². The van der Waals surface area contributed by atoms with Crippen molar-refractivity contribution in [2.24, 2.45) is 0 Å². The summed E-state index contributed by atoms with van der Waals surface area (Å²) in [7, 11) is -0.661. The Morgan fingerprint density at radius 1 is 1.37 bits per heavy atom. The summed E-state index contributed by atoms with van der Waals surface area (Å²) < 4.78 is 30.2. The summed E-state index contributed by atoms with van der Waals surface area (Å²) in [6.07, 6.45) is 0.651. The Morgan fingerprint density at radius 3 is 2.63 bits per heavy atom. The molecule has 0 atom stereocenters. The molecule has 106 valence electrons. The molecular formula is C13H19NO4S. The van der Waals surface area contributed by atoms with Crippen LogP contribution in [0.5, 0.6) is 0 Å². The van der Waals surface area contributed by atoms with Gasteiger partial charge in [0.2, 0.25) is 10.0 Å². The van der Waals surface area contributed by atoms with Gasteiger partial charge in [0.25, 0.3) is 0 Å². The lowest BCUT2D eigenvalue weighted by atomic mass is 10.2. The molecule has 0 amide bonds. The van der Waals surface area contributed by atoms with Gasteiger partial charge in [-0.3, -0.25) is 4.79 Å². The maximum Gasteiger partial charge on any atom is 0.305 e. The van der Waals surface area contributed by atoms with Crippen LogP contribution in [0.1, 0.15) is 18.4 Å². The van der Waals surface area contributed by atoms with Gasteiger partial charge in [0.1, 0.15) is 0 Å². The van der Waals surface area contributed by atoms with Crippen molar-refractivity contribution < 1.29 is 17.9 Å². The van der Waals surface area contributed by atoms with Crippen molar-refractivity contribution in [3.63, 3.8) is 0 Å². The van der Waals surface area contributed by atoms with E-state index in [9.17, 15) is 13.2 Å². The molecule has 0 heterocycles. The number of carbonyl (C=O) groups is 1. The van der Waals surface area contributed by atoms with E-state index in [1.165, 1.54) is 18.5 Å². The number of benzene rings is 1. The van der Waals surface area contributed by atoms with Gasteiger partial charge in [-0.2, -0.15) is 0 Å². The number of nitrogens with zero attached hydrogens (tertiary/aromatic N) is 1. The number of hydrogen-bond donors (Lipinski definition) is 0. The normalized spacial score (nSPS) is 11.6. The van der Waals surface area contributed by atoms with Gasteiger partial charge in [-0.1, -0.05) is 12.1 Å². The van der Waals surface area contributed by atoms with Crippen LogP contribution in [-0.4, -0.2) is 39.4 Å². The molecule has 0 unspecified atom stereocenters. The molecule has 0 fully saturated rings. The van der Waals surface area contributed by atoms with E-state index in [1.54, 1.807) is 18.2 Å². The number of ether oxygens (including phenoxy) is 1. The Kier molecular flexibility index (Phi) is 5.50. The Hall–Kier alpha value is -1.40. The fourth-order valence-corrected chi connectivity index (χ4v) is 2.94. The number of sulfonamides is 1. The topological polar surface area (TPSA) is 63.7 Å². The average molecular weight is 285 g/mol. The first-order chi connectivity index (χ1) is 8.87. The number of rotatable bonds is 6. The highest BCUT2D eigenvalue weighted by atomic mass is 32.2. The largest absolute Gasteiger partial charge is 0.469 e. The molecule has 1 rings (SSSR count). The van der Waals surface area contributed by atoms with Gasteiger partial charge in [0.05, 0.1) is 12.0 Å². The van der Waals surface area contributed by atoms with Crippen molar-refractivity contribution in [2.45, 2.75) is 24.7 Å². The highest BCUT2D eigenvalue weighted by Gasteiger charge is 2.20. The van der Waals surface area contributed by atoms with Crippen LogP contribution >= 0.6 is 0 Å². The van der Waals surface area contributed by atoms with Crippen LogP contribution in [0.2, 0.25) is 0 Å². The van der Waals surface area contributed by atoms with Crippen LogP contribution < -0.4 is 0 Å². The van der Waals surface area contributed by atoms with Gasteiger partial charge in [-0.25, -0.2) is 12.7 Å². The average Bonchev–Trinajstić information content (AvgIpc) is 2.38. The second-order valence-corrected chi connectivity index (χ2v) is 6.37. The third kappa shape index (κ3) is 4.33. The molecule has 0 spiro atoms. The molecule has 1 aromatic carbocycles. The predicted molar refractivity (Wildman–Crippen MR) is 72.2 cm³/mol. The first kappa shape index (κ1) is 15.7. The van der Waals surface area contributed by atoms with E-state index in [0.717, 1.165) is 5.56 Å². The standard InChI is InChI=1S/C13H19NO4S/c1-11-6-4-7-12(10-11)19(16,17)14(2)9-5-8-13(15)18-3/h4,6-7,10H,5,8-9H2,1-3H3. The van der Waals surface area contributed by atoms with E-state index in [-0.39, 0.29) is 23.8 Å². The zero-order valence-electron chi connectivity index (χ0n) is 11.4. The van der Waals surface area contributed by atoms with Gasteiger partial charge < -0.3 is 4.74 Å². The first-order valence-electron chi connectivity index (χ1n) is 5.97. The SMILES string of the molecule is COC(=O)CCCN(C)S(=O)(=O)c1cccc(C)c1. The Balaban J connectivity index is 2.70. The Morgan fingerprint density at radius 2 is 2.05 bits per heavy atom. The van der Waals surface area contributed by atoms with Crippen molar-refractivity contribution in [1.82, 2.24) is 4.31 Å². The molecule has 0 aliphatic rings. The lowest BCUT2D eigenvalue weighted by molar-refractivity contribution is -0.140. The van der Waals surface area contributed by atoms with Crippen LogP contribution in [0.15, 0.2) is 29.2 Å². The minimum atomic E-state index is -3.48. The number of esters is 1. The smallest absolute Gasteiger partial charge is 0.305 e. The minimum Gasteiger partial charge on any atom is -0.469 e. The van der Waals surface area contributed by atoms with E-state index < -0.39 is 10.0 Å². The maximum atomic E-state index is 12.2. The van der Waals surface area contributed by atoms with Crippen molar-refractivity contribution in [1.29, 1.82) is 0 Å². The molecule has 0 aromatic heterocycles. The molecule has 0 aliphatic heterocycles. The lowest BCUT2D eigenvalue weighted by Crippen LogP contribution is -2.28.